The number of terminal acetylenes is 1. The number of nitrogens with one attached hydrogen (secondary N) is 1. The predicted molar refractivity (Wildman–Crippen MR) is 49.1 cm³/mol. The van der Waals surface area contributed by atoms with Gasteiger partial charge in [-0.2, -0.15) is 0 Å². The molecule has 0 saturated carbocycles. The summed E-state index contributed by atoms with van der Waals surface area (Å²) < 4.78 is 4.90. The van der Waals surface area contributed by atoms with E-state index < -0.39 is 0 Å². The van der Waals surface area contributed by atoms with Gasteiger partial charge in [0.2, 0.25) is 0 Å². The Hall–Kier alpha value is -1.69. The molecule has 0 aromatic carbocycles. The number of hydrogen-bond donors (Lipinski definition) is 1. The molecule has 0 saturated heterocycles. The maximum absolute atomic E-state index is 11.3. The van der Waals surface area contributed by atoms with Crippen LogP contribution in [0.4, 0.5) is 0 Å². The van der Waals surface area contributed by atoms with E-state index in [0.717, 1.165) is 0 Å². The molecular weight excluding hydrogens is 166 g/mol. The Kier molecular flexibility index (Phi) is 3.15. The largest absolute Gasteiger partial charge is 0.459 e. The number of rotatable bonds is 3. The third kappa shape index (κ3) is 2.38. The molecule has 1 aromatic rings. The van der Waals surface area contributed by atoms with Crippen LogP contribution in [-0.2, 0) is 0 Å². The van der Waals surface area contributed by atoms with Crippen molar-refractivity contribution in [3.63, 3.8) is 0 Å². The van der Waals surface area contributed by atoms with E-state index in [1.54, 1.807) is 12.1 Å². The summed E-state index contributed by atoms with van der Waals surface area (Å²) in [6, 6.07) is 3.03. The van der Waals surface area contributed by atoms with Crippen LogP contribution in [0.5, 0.6) is 0 Å². The first-order chi connectivity index (χ1) is 6.27. The lowest BCUT2D eigenvalue weighted by Gasteiger charge is -2.08. The number of furan rings is 1. The summed E-state index contributed by atoms with van der Waals surface area (Å²) >= 11 is 0. The van der Waals surface area contributed by atoms with Crippen LogP contribution in [0.2, 0.25) is 0 Å². The third-order valence-electron chi connectivity index (χ3n) is 1.66. The summed E-state index contributed by atoms with van der Waals surface area (Å²) in [4.78, 5) is 11.3. The molecule has 1 rings (SSSR count). The molecule has 0 fully saturated rings. The molecule has 1 aromatic heterocycles. The van der Waals surface area contributed by atoms with E-state index in [2.05, 4.69) is 11.2 Å². The zero-order valence-electron chi connectivity index (χ0n) is 7.41. The molecule has 1 atom stereocenters. The molecule has 0 aliphatic heterocycles. The molecule has 0 bridgehead atoms. The lowest BCUT2D eigenvalue weighted by atomic mass is 10.2. The minimum atomic E-state index is -0.269. The molecule has 1 unspecified atom stereocenters. The maximum Gasteiger partial charge on any atom is 0.287 e. The van der Waals surface area contributed by atoms with Gasteiger partial charge in [-0.3, -0.25) is 4.79 Å². The molecule has 1 heterocycles. The Balaban J connectivity index is 2.57. The van der Waals surface area contributed by atoms with Gasteiger partial charge in [0.05, 0.1) is 12.3 Å². The van der Waals surface area contributed by atoms with Crippen LogP contribution in [-0.4, -0.2) is 11.9 Å². The molecule has 13 heavy (non-hydrogen) atoms. The van der Waals surface area contributed by atoms with Crippen molar-refractivity contribution in [3.05, 3.63) is 24.2 Å². The van der Waals surface area contributed by atoms with E-state index in [9.17, 15) is 4.79 Å². The Bertz CT molecular complexity index is 308. The number of carbonyl (C=O) groups excluding carboxylic acids is 1. The van der Waals surface area contributed by atoms with Crippen molar-refractivity contribution >= 4 is 5.91 Å². The summed E-state index contributed by atoms with van der Waals surface area (Å²) in [6.45, 7) is 1.91. The van der Waals surface area contributed by atoms with E-state index in [-0.39, 0.29) is 17.7 Å². The van der Waals surface area contributed by atoms with Gasteiger partial charge in [-0.15, -0.1) is 6.42 Å². The molecular formula is C10H11NO2. The van der Waals surface area contributed by atoms with Crippen molar-refractivity contribution in [1.82, 2.24) is 5.32 Å². The molecule has 0 aliphatic rings. The minimum Gasteiger partial charge on any atom is -0.459 e. The average molecular weight is 177 g/mol. The van der Waals surface area contributed by atoms with Crippen LogP contribution in [0.1, 0.15) is 23.9 Å². The Morgan fingerprint density at radius 1 is 1.85 bits per heavy atom. The fourth-order valence-electron chi connectivity index (χ4n) is 0.899. The Morgan fingerprint density at radius 2 is 2.62 bits per heavy atom. The summed E-state index contributed by atoms with van der Waals surface area (Å²) in [7, 11) is 0. The van der Waals surface area contributed by atoms with E-state index >= 15 is 0 Å². The highest BCUT2D eigenvalue weighted by Gasteiger charge is 2.11. The van der Waals surface area contributed by atoms with Crippen LogP contribution in [0.25, 0.3) is 0 Å². The summed E-state index contributed by atoms with van der Waals surface area (Å²) in [5.74, 6) is 2.49. The first kappa shape index (κ1) is 9.40. The van der Waals surface area contributed by atoms with Crippen LogP contribution >= 0.6 is 0 Å². The van der Waals surface area contributed by atoms with Crippen molar-refractivity contribution in [2.45, 2.75) is 19.4 Å². The van der Waals surface area contributed by atoms with Gasteiger partial charge in [-0.1, -0.05) is 12.8 Å². The van der Waals surface area contributed by atoms with Gasteiger partial charge in [0.25, 0.3) is 5.91 Å². The van der Waals surface area contributed by atoms with Gasteiger partial charge in [0.1, 0.15) is 0 Å². The molecule has 3 nitrogen and oxygen atoms in total. The summed E-state index contributed by atoms with van der Waals surface area (Å²) in [5.41, 5.74) is 0. The number of amides is 1. The van der Waals surface area contributed by atoms with Crippen molar-refractivity contribution in [2.24, 2.45) is 0 Å². The molecule has 68 valence electrons. The van der Waals surface area contributed by atoms with Crippen LogP contribution in [0, 0.1) is 12.3 Å². The van der Waals surface area contributed by atoms with E-state index in [4.69, 9.17) is 10.8 Å². The highest BCUT2D eigenvalue weighted by molar-refractivity contribution is 5.91. The van der Waals surface area contributed by atoms with E-state index in [0.29, 0.717) is 6.42 Å². The third-order valence-corrected chi connectivity index (χ3v) is 1.66. The zero-order chi connectivity index (χ0) is 9.68. The molecule has 1 amide bonds. The fourth-order valence-corrected chi connectivity index (χ4v) is 0.899. The second-order valence-corrected chi connectivity index (χ2v) is 2.58. The fraction of sp³-hybridized carbons (Fsp3) is 0.300. The standard InChI is InChI=1S/C10H11NO2/c1-3-8(4-2)11-10(12)9-6-5-7-13-9/h1,5-8H,4H2,2H3,(H,11,12). The predicted octanol–water partition coefficient (Wildman–Crippen LogP) is 1.42. The first-order valence-corrected chi connectivity index (χ1v) is 4.08. The average Bonchev–Trinajstić information content (AvgIpc) is 2.66. The highest BCUT2D eigenvalue weighted by atomic mass is 16.3. The molecule has 0 aliphatic carbocycles. The minimum absolute atomic E-state index is 0.224. The van der Waals surface area contributed by atoms with Gasteiger partial charge in [0.15, 0.2) is 5.76 Å². The van der Waals surface area contributed by atoms with Crippen LogP contribution < -0.4 is 5.32 Å². The number of carbonyl (C=O) groups is 1. The van der Waals surface area contributed by atoms with Crippen molar-refractivity contribution in [2.75, 3.05) is 0 Å². The summed E-state index contributed by atoms with van der Waals surface area (Å²) in [6.07, 6.45) is 7.35. The summed E-state index contributed by atoms with van der Waals surface area (Å²) in [5, 5.41) is 2.65. The quantitative estimate of drug-likeness (QED) is 0.709. The van der Waals surface area contributed by atoms with Gasteiger partial charge < -0.3 is 9.73 Å². The zero-order valence-corrected chi connectivity index (χ0v) is 7.41. The highest BCUT2D eigenvalue weighted by Crippen LogP contribution is 2.00. The van der Waals surface area contributed by atoms with Crippen LogP contribution in [0.3, 0.4) is 0 Å². The first-order valence-electron chi connectivity index (χ1n) is 4.08. The normalized spacial score (nSPS) is 11.7. The second-order valence-electron chi connectivity index (χ2n) is 2.58. The molecule has 0 spiro atoms. The van der Waals surface area contributed by atoms with Gasteiger partial charge in [0, 0.05) is 0 Å². The SMILES string of the molecule is C#CC(CC)NC(=O)c1ccco1. The van der Waals surface area contributed by atoms with Crippen molar-refractivity contribution in [1.29, 1.82) is 0 Å². The van der Waals surface area contributed by atoms with Gasteiger partial charge in [-0.05, 0) is 18.6 Å². The van der Waals surface area contributed by atoms with Crippen LogP contribution in [0.15, 0.2) is 22.8 Å². The second kappa shape index (κ2) is 4.36. The lowest BCUT2D eigenvalue weighted by molar-refractivity contribution is 0.0917. The van der Waals surface area contributed by atoms with Crippen molar-refractivity contribution in [3.8, 4) is 12.3 Å². The Labute approximate surface area is 77.1 Å². The topological polar surface area (TPSA) is 42.2 Å². The Morgan fingerprint density at radius 3 is 3.08 bits per heavy atom. The monoisotopic (exact) mass is 177 g/mol. The molecule has 0 radical (unpaired) electrons. The van der Waals surface area contributed by atoms with E-state index in [1.807, 2.05) is 6.92 Å². The maximum atomic E-state index is 11.3. The lowest BCUT2D eigenvalue weighted by Crippen LogP contribution is -2.32. The molecule has 1 N–H and O–H groups in total. The van der Waals surface area contributed by atoms with E-state index in [1.165, 1.54) is 6.26 Å². The van der Waals surface area contributed by atoms with Gasteiger partial charge in [-0.25, -0.2) is 0 Å². The number of hydrogen-bond acceptors (Lipinski definition) is 2. The van der Waals surface area contributed by atoms with Gasteiger partial charge >= 0.3 is 0 Å². The smallest absolute Gasteiger partial charge is 0.287 e. The molecule has 3 heteroatoms. The van der Waals surface area contributed by atoms with Crippen molar-refractivity contribution < 1.29 is 9.21 Å².